The molecule has 0 bridgehead atoms. The highest BCUT2D eigenvalue weighted by atomic mass is 35.5. The van der Waals surface area contributed by atoms with Crippen molar-refractivity contribution >= 4 is 17.5 Å². The SMILES string of the molecule is COc1cc(-c2cnc(NC3CCC(C)CC3)nc2OC2CCOC2)c(Cl)cn1. The Balaban J connectivity index is 1.63. The molecule has 1 saturated carbocycles. The number of pyridine rings is 1. The minimum Gasteiger partial charge on any atom is -0.481 e. The number of rotatable bonds is 6. The van der Waals surface area contributed by atoms with E-state index in [4.69, 9.17) is 30.8 Å². The third-order valence-electron chi connectivity index (χ3n) is 5.60. The molecule has 0 radical (unpaired) electrons. The first kappa shape index (κ1) is 20.2. The van der Waals surface area contributed by atoms with E-state index in [0.717, 1.165) is 30.7 Å². The van der Waals surface area contributed by atoms with Gasteiger partial charge in [-0.3, -0.25) is 0 Å². The molecule has 2 aliphatic rings. The van der Waals surface area contributed by atoms with Crippen molar-refractivity contribution < 1.29 is 14.2 Å². The first-order valence-electron chi connectivity index (χ1n) is 10.2. The summed E-state index contributed by atoms with van der Waals surface area (Å²) in [6, 6.07) is 2.17. The molecule has 1 aliphatic heterocycles. The van der Waals surface area contributed by atoms with Gasteiger partial charge in [0.1, 0.15) is 6.10 Å². The van der Waals surface area contributed by atoms with E-state index in [1.165, 1.54) is 12.8 Å². The van der Waals surface area contributed by atoms with E-state index in [9.17, 15) is 0 Å². The number of nitrogens with zero attached hydrogens (tertiary/aromatic N) is 3. The van der Waals surface area contributed by atoms with Gasteiger partial charge in [0.25, 0.3) is 0 Å². The maximum absolute atomic E-state index is 6.42. The van der Waals surface area contributed by atoms with E-state index >= 15 is 0 Å². The standard InChI is InChI=1S/C21H27ClN4O3/c1-13-3-5-14(6-4-13)25-21-24-10-17(16-9-19(27-2)23-11-18(16)22)20(26-21)29-15-7-8-28-12-15/h9-11,13-15H,3-8,12H2,1-2H3,(H,24,25,26). The van der Waals surface area contributed by atoms with E-state index in [0.29, 0.717) is 47.6 Å². The highest BCUT2D eigenvalue weighted by Gasteiger charge is 2.24. The van der Waals surface area contributed by atoms with Crippen LogP contribution in [0.5, 0.6) is 11.8 Å². The Bertz CT molecular complexity index is 837. The van der Waals surface area contributed by atoms with E-state index in [1.807, 2.05) is 0 Å². The number of anilines is 1. The molecule has 4 rings (SSSR count). The van der Waals surface area contributed by atoms with Crippen molar-refractivity contribution in [1.29, 1.82) is 0 Å². The zero-order valence-corrected chi connectivity index (χ0v) is 17.6. The van der Waals surface area contributed by atoms with E-state index in [1.54, 1.807) is 25.6 Å². The van der Waals surface area contributed by atoms with Crippen molar-refractivity contribution in [2.75, 3.05) is 25.6 Å². The molecule has 156 valence electrons. The molecule has 29 heavy (non-hydrogen) atoms. The fourth-order valence-electron chi connectivity index (χ4n) is 3.80. The molecule has 2 aromatic rings. The Kier molecular flexibility index (Phi) is 6.35. The van der Waals surface area contributed by atoms with Crippen LogP contribution in [0.25, 0.3) is 11.1 Å². The van der Waals surface area contributed by atoms with Gasteiger partial charge in [-0.1, -0.05) is 18.5 Å². The third kappa shape index (κ3) is 4.90. The predicted octanol–water partition coefficient (Wildman–Crippen LogP) is 4.36. The minimum absolute atomic E-state index is 0.0328. The minimum atomic E-state index is -0.0328. The maximum atomic E-state index is 6.42. The molecule has 8 heteroatoms. The summed E-state index contributed by atoms with van der Waals surface area (Å²) in [7, 11) is 1.57. The third-order valence-corrected chi connectivity index (χ3v) is 5.90. The lowest BCUT2D eigenvalue weighted by Gasteiger charge is -2.27. The lowest BCUT2D eigenvalue weighted by molar-refractivity contribution is 0.138. The number of hydrogen-bond acceptors (Lipinski definition) is 7. The Morgan fingerprint density at radius 1 is 1.10 bits per heavy atom. The number of ether oxygens (including phenoxy) is 3. The van der Waals surface area contributed by atoms with Gasteiger partial charge < -0.3 is 19.5 Å². The number of hydrogen-bond donors (Lipinski definition) is 1. The lowest BCUT2D eigenvalue weighted by atomic mass is 9.87. The fourth-order valence-corrected chi connectivity index (χ4v) is 4.00. The van der Waals surface area contributed by atoms with Gasteiger partial charge in [-0.25, -0.2) is 9.97 Å². The molecule has 1 N–H and O–H groups in total. The number of halogens is 1. The monoisotopic (exact) mass is 418 g/mol. The van der Waals surface area contributed by atoms with Crippen molar-refractivity contribution in [1.82, 2.24) is 15.0 Å². The molecular weight excluding hydrogens is 392 g/mol. The van der Waals surface area contributed by atoms with Crippen molar-refractivity contribution in [2.24, 2.45) is 5.92 Å². The Labute approximate surface area is 176 Å². The summed E-state index contributed by atoms with van der Waals surface area (Å²) in [5, 5.41) is 3.97. The van der Waals surface area contributed by atoms with Crippen molar-refractivity contribution in [3.05, 3.63) is 23.5 Å². The lowest BCUT2D eigenvalue weighted by Crippen LogP contribution is -2.26. The molecule has 2 aromatic heterocycles. The molecule has 1 atom stereocenters. The predicted molar refractivity (Wildman–Crippen MR) is 112 cm³/mol. The fraction of sp³-hybridized carbons (Fsp3) is 0.571. The summed E-state index contributed by atoms with van der Waals surface area (Å²) in [5.41, 5.74) is 1.44. The zero-order chi connectivity index (χ0) is 20.2. The van der Waals surface area contributed by atoms with Gasteiger partial charge in [0.15, 0.2) is 0 Å². The molecule has 7 nitrogen and oxygen atoms in total. The summed E-state index contributed by atoms with van der Waals surface area (Å²) in [6.45, 7) is 3.56. The summed E-state index contributed by atoms with van der Waals surface area (Å²) < 4.78 is 16.9. The number of methoxy groups -OCH3 is 1. The topological polar surface area (TPSA) is 78.4 Å². The highest BCUT2D eigenvalue weighted by Crippen LogP contribution is 2.36. The summed E-state index contributed by atoms with van der Waals surface area (Å²) >= 11 is 6.42. The Morgan fingerprint density at radius 3 is 2.66 bits per heavy atom. The molecule has 1 aliphatic carbocycles. The first-order chi connectivity index (χ1) is 14.1. The van der Waals surface area contributed by atoms with Crippen LogP contribution < -0.4 is 14.8 Å². The molecular formula is C21H27ClN4O3. The average molecular weight is 419 g/mol. The molecule has 2 fully saturated rings. The van der Waals surface area contributed by atoms with Crippen LogP contribution in [0.1, 0.15) is 39.0 Å². The van der Waals surface area contributed by atoms with Crippen LogP contribution in [-0.2, 0) is 4.74 Å². The van der Waals surface area contributed by atoms with Crippen molar-refractivity contribution in [3.63, 3.8) is 0 Å². The smallest absolute Gasteiger partial charge is 0.226 e. The van der Waals surface area contributed by atoms with Crippen molar-refractivity contribution in [3.8, 4) is 22.9 Å². The van der Waals surface area contributed by atoms with Gasteiger partial charge in [-0.15, -0.1) is 0 Å². The maximum Gasteiger partial charge on any atom is 0.226 e. The number of aromatic nitrogens is 3. The second-order valence-electron chi connectivity index (χ2n) is 7.82. The summed E-state index contributed by atoms with van der Waals surface area (Å²) in [5.74, 6) is 2.34. The Morgan fingerprint density at radius 2 is 1.93 bits per heavy atom. The summed E-state index contributed by atoms with van der Waals surface area (Å²) in [4.78, 5) is 13.4. The second-order valence-corrected chi connectivity index (χ2v) is 8.23. The van der Waals surface area contributed by atoms with Gasteiger partial charge in [0.05, 0.1) is 37.1 Å². The Hall–Kier alpha value is -2.12. The second kappa shape index (κ2) is 9.13. The van der Waals surface area contributed by atoms with Gasteiger partial charge in [-0.2, -0.15) is 4.98 Å². The normalized spacial score (nSPS) is 24.3. The van der Waals surface area contributed by atoms with Gasteiger partial charge in [0.2, 0.25) is 17.7 Å². The van der Waals surface area contributed by atoms with Crippen LogP contribution in [-0.4, -0.2) is 47.4 Å². The first-order valence-corrected chi connectivity index (χ1v) is 10.6. The van der Waals surface area contributed by atoms with Gasteiger partial charge >= 0.3 is 0 Å². The van der Waals surface area contributed by atoms with E-state index in [-0.39, 0.29) is 6.10 Å². The van der Waals surface area contributed by atoms with Gasteiger partial charge in [0, 0.05) is 30.3 Å². The molecule has 3 heterocycles. The van der Waals surface area contributed by atoms with E-state index < -0.39 is 0 Å². The average Bonchev–Trinajstić information content (AvgIpc) is 3.24. The molecule has 0 spiro atoms. The van der Waals surface area contributed by atoms with Crippen LogP contribution in [0.4, 0.5) is 5.95 Å². The van der Waals surface area contributed by atoms with Crippen LogP contribution in [0, 0.1) is 5.92 Å². The van der Waals surface area contributed by atoms with Crippen LogP contribution >= 0.6 is 11.6 Å². The van der Waals surface area contributed by atoms with E-state index in [2.05, 4.69) is 22.2 Å². The largest absolute Gasteiger partial charge is 0.481 e. The molecule has 0 amide bonds. The van der Waals surface area contributed by atoms with Crippen LogP contribution in [0.3, 0.4) is 0 Å². The quantitative estimate of drug-likeness (QED) is 0.746. The van der Waals surface area contributed by atoms with Gasteiger partial charge in [-0.05, 0) is 31.6 Å². The molecule has 1 saturated heterocycles. The zero-order valence-electron chi connectivity index (χ0n) is 16.9. The van der Waals surface area contributed by atoms with Crippen molar-refractivity contribution in [2.45, 2.75) is 51.2 Å². The molecule has 1 unspecified atom stereocenters. The molecule has 0 aromatic carbocycles. The van der Waals surface area contributed by atoms with Crippen LogP contribution in [0.2, 0.25) is 5.02 Å². The van der Waals surface area contributed by atoms with Crippen LogP contribution in [0.15, 0.2) is 18.5 Å². The highest BCUT2D eigenvalue weighted by molar-refractivity contribution is 6.33. The number of nitrogens with one attached hydrogen (secondary N) is 1. The summed E-state index contributed by atoms with van der Waals surface area (Å²) in [6.07, 6.45) is 8.84.